The van der Waals surface area contributed by atoms with E-state index < -0.39 is 6.36 Å². The van der Waals surface area contributed by atoms with E-state index in [1.807, 2.05) is 0 Å². The van der Waals surface area contributed by atoms with Gasteiger partial charge in [-0.1, -0.05) is 28.1 Å². The molecule has 1 aromatic rings. The number of phenols is 1. The SMILES string of the molecule is Oc1ccc(OC(F)(F)F)cc1C=CCBr. The Morgan fingerprint density at radius 3 is 2.62 bits per heavy atom. The predicted octanol–water partition coefficient (Wildman–Crippen LogP) is 3.70. The smallest absolute Gasteiger partial charge is 0.507 e. The molecule has 0 aliphatic heterocycles. The summed E-state index contributed by atoms with van der Waals surface area (Å²) in [4.78, 5) is 0. The van der Waals surface area contributed by atoms with E-state index in [0.717, 1.165) is 18.2 Å². The Bertz CT molecular complexity index is 388. The summed E-state index contributed by atoms with van der Waals surface area (Å²) in [6.07, 6.45) is -1.59. The van der Waals surface area contributed by atoms with Crippen molar-refractivity contribution in [1.82, 2.24) is 0 Å². The maximum atomic E-state index is 11.9. The van der Waals surface area contributed by atoms with Crippen LogP contribution >= 0.6 is 15.9 Å². The Kier molecular flexibility index (Phi) is 4.23. The quantitative estimate of drug-likeness (QED) is 0.862. The second kappa shape index (κ2) is 5.25. The zero-order valence-corrected chi connectivity index (χ0v) is 9.55. The first-order valence-electron chi connectivity index (χ1n) is 4.23. The number of benzene rings is 1. The van der Waals surface area contributed by atoms with Gasteiger partial charge in [-0.2, -0.15) is 0 Å². The molecule has 1 N–H and O–H groups in total. The lowest BCUT2D eigenvalue weighted by molar-refractivity contribution is -0.274. The number of alkyl halides is 4. The van der Waals surface area contributed by atoms with Gasteiger partial charge in [0.2, 0.25) is 0 Å². The van der Waals surface area contributed by atoms with E-state index >= 15 is 0 Å². The van der Waals surface area contributed by atoms with Gasteiger partial charge >= 0.3 is 6.36 Å². The molecule has 0 radical (unpaired) electrons. The Morgan fingerprint density at radius 1 is 1.38 bits per heavy atom. The highest BCUT2D eigenvalue weighted by Crippen LogP contribution is 2.28. The van der Waals surface area contributed by atoms with Gasteiger partial charge in [0.25, 0.3) is 0 Å². The van der Waals surface area contributed by atoms with Crippen LogP contribution in [-0.4, -0.2) is 16.8 Å². The summed E-state index contributed by atoms with van der Waals surface area (Å²) in [5.41, 5.74) is 0.265. The highest BCUT2D eigenvalue weighted by molar-refractivity contribution is 9.09. The molecule has 0 atom stereocenters. The van der Waals surface area contributed by atoms with Crippen LogP contribution in [0.3, 0.4) is 0 Å². The van der Waals surface area contributed by atoms with E-state index in [0.29, 0.717) is 5.33 Å². The summed E-state index contributed by atoms with van der Waals surface area (Å²) in [6, 6.07) is 3.31. The molecule has 2 nitrogen and oxygen atoms in total. The van der Waals surface area contributed by atoms with Crippen LogP contribution in [0.15, 0.2) is 24.3 Å². The van der Waals surface area contributed by atoms with Gasteiger partial charge in [-0.3, -0.25) is 0 Å². The molecular formula is C10H8BrF3O2. The van der Waals surface area contributed by atoms with Gasteiger partial charge in [-0.15, -0.1) is 13.2 Å². The molecule has 88 valence electrons. The number of hydrogen-bond donors (Lipinski definition) is 1. The molecule has 0 bridgehead atoms. The molecule has 16 heavy (non-hydrogen) atoms. The van der Waals surface area contributed by atoms with Crippen molar-refractivity contribution >= 4 is 22.0 Å². The van der Waals surface area contributed by atoms with Crippen LogP contribution in [0.5, 0.6) is 11.5 Å². The molecule has 0 spiro atoms. The van der Waals surface area contributed by atoms with Crippen LogP contribution in [0.1, 0.15) is 5.56 Å². The highest BCUT2D eigenvalue weighted by Gasteiger charge is 2.31. The van der Waals surface area contributed by atoms with E-state index in [1.165, 1.54) is 6.08 Å². The van der Waals surface area contributed by atoms with Gasteiger partial charge in [0.15, 0.2) is 0 Å². The van der Waals surface area contributed by atoms with Crippen LogP contribution in [0.4, 0.5) is 13.2 Å². The number of halogens is 4. The summed E-state index contributed by atoms with van der Waals surface area (Å²) in [6.45, 7) is 0. The lowest BCUT2D eigenvalue weighted by atomic mass is 10.2. The topological polar surface area (TPSA) is 29.5 Å². The number of phenolic OH excluding ortho intramolecular Hbond substituents is 1. The minimum absolute atomic E-state index is 0.105. The fraction of sp³-hybridized carbons (Fsp3) is 0.200. The van der Waals surface area contributed by atoms with Gasteiger partial charge in [0.05, 0.1) is 0 Å². The third-order valence-electron chi connectivity index (χ3n) is 1.62. The summed E-state index contributed by atoms with van der Waals surface area (Å²) in [7, 11) is 0. The number of rotatable bonds is 3. The van der Waals surface area contributed by atoms with E-state index in [4.69, 9.17) is 0 Å². The highest BCUT2D eigenvalue weighted by atomic mass is 79.9. The summed E-state index contributed by atoms with van der Waals surface area (Å²) < 4.78 is 39.5. The van der Waals surface area contributed by atoms with Crippen molar-refractivity contribution < 1.29 is 23.0 Å². The fourth-order valence-electron chi connectivity index (χ4n) is 1.03. The molecule has 0 heterocycles. The molecule has 1 rings (SSSR count). The summed E-state index contributed by atoms with van der Waals surface area (Å²) in [5, 5.41) is 9.90. The summed E-state index contributed by atoms with van der Waals surface area (Å²) >= 11 is 3.12. The predicted molar refractivity (Wildman–Crippen MR) is 57.6 cm³/mol. The monoisotopic (exact) mass is 296 g/mol. The first kappa shape index (κ1) is 12.9. The molecule has 0 amide bonds. The molecule has 0 aliphatic carbocycles. The number of ether oxygens (including phenoxy) is 1. The lowest BCUT2D eigenvalue weighted by Crippen LogP contribution is -2.17. The maximum Gasteiger partial charge on any atom is 0.573 e. The van der Waals surface area contributed by atoms with Gasteiger partial charge in [0.1, 0.15) is 11.5 Å². The Balaban J connectivity index is 2.94. The largest absolute Gasteiger partial charge is 0.573 e. The first-order valence-corrected chi connectivity index (χ1v) is 5.36. The molecule has 6 heteroatoms. The molecule has 0 aromatic heterocycles. The van der Waals surface area contributed by atoms with Gasteiger partial charge in [-0.25, -0.2) is 0 Å². The van der Waals surface area contributed by atoms with Crippen LogP contribution in [0, 0.1) is 0 Å². The molecule has 1 aromatic carbocycles. The van der Waals surface area contributed by atoms with Crippen LogP contribution < -0.4 is 4.74 Å². The average Bonchev–Trinajstić information content (AvgIpc) is 2.17. The van der Waals surface area contributed by atoms with Crippen molar-refractivity contribution in [2.45, 2.75) is 6.36 Å². The van der Waals surface area contributed by atoms with Gasteiger partial charge < -0.3 is 9.84 Å². The summed E-state index contributed by atoms with van der Waals surface area (Å²) in [5.74, 6) is -0.466. The second-order valence-corrected chi connectivity index (χ2v) is 3.47. The number of allylic oxidation sites excluding steroid dienone is 1. The van der Waals surface area contributed by atoms with Crippen molar-refractivity contribution in [3.63, 3.8) is 0 Å². The van der Waals surface area contributed by atoms with Crippen molar-refractivity contribution in [3.05, 3.63) is 29.8 Å². The van der Waals surface area contributed by atoms with Gasteiger partial charge in [-0.05, 0) is 18.2 Å². The van der Waals surface area contributed by atoms with Gasteiger partial charge in [0, 0.05) is 10.9 Å². The van der Waals surface area contributed by atoms with Crippen LogP contribution in [0.25, 0.3) is 6.08 Å². The normalized spacial score (nSPS) is 12.0. The average molecular weight is 297 g/mol. The van der Waals surface area contributed by atoms with E-state index in [2.05, 4.69) is 20.7 Å². The maximum absolute atomic E-state index is 11.9. The molecule has 0 saturated heterocycles. The van der Waals surface area contributed by atoms with Crippen molar-refractivity contribution in [3.8, 4) is 11.5 Å². The number of aromatic hydroxyl groups is 1. The minimum atomic E-state index is -4.73. The molecule has 0 saturated carbocycles. The first-order chi connectivity index (χ1) is 7.42. The minimum Gasteiger partial charge on any atom is -0.507 e. The van der Waals surface area contributed by atoms with Crippen LogP contribution in [0.2, 0.25) is 0 Å². The lowest BCUT2D eigenvalue weighted by Gasteiger charge is -2.09. The van der Waals surface area contributed by atoms with E-state index in [9.17, 15) is 18.3 Å². The van der Waals surface area contributed by atoms with Crippen molar-refractivity contribution in [1.29, 1.82) is 0 Å². The Morgan fingerprint density at radius 2 is 2.06 bits per heavy atom. The Labute approximate surface area is 98.5 Å². The standard InChI is InChI=1S/C10H8BrF3O2/c11-5-1-2-7-6-8(3-4-9(7)15)16-10(12,13)14/h1-4,6,15H,5H2. The number of hydrogen-bond acceptors (Lipinski definition) is 2. The van der Waals surface area contributed by atoms with Crippen molar-refractivity contribution in [2.24, 2.45) is 0 Å². The third kappa shape index (κ3) is 4.14. The van der Waals surface area contributed by atoms with Crippen molar-refractivity contribution in [2.75, 3.05) is 5.33 Å². The zero-order chi connectivity index (χ0) is 12.2. The molecular weight excluding hydrogens is 289 g/mol. The van der Waals surface area contributed by atoms with E-state index in [1.54, 1.807) is 6.08 Å². The second-order valence-electron chi connectivity index (χ2n) is 2.83. The Hall–Kier alpha value is -1.17. The third-order valence-corrected chi connectivity index (χ3v) is 1.99. The molecule has 0 fully saturated rings. The molecule has 0 aliphatic rings. The zero-order valence-electron chi connectivity index (χ0n) is 7.96. The molecule has 0 unspecified atom stereocenters. The van der Waals surface area contributed by atoms with Crippen LogP contribution in [-0.2, 0) is 0 Å². The van der Waals surface area contributed by atoms with E-state index in [-0.39, 0.29) is 17.1 Å². The fourth-order valence-corrected chi connectivity index (χ4v) is 1.22.